The highest BCUT2D eigenvalue weighted by Gasteiger charge is 2.48. The lowest BCUT2D eigenvalue weighted by atomic mass is 9.94. The molecule has 1 N–H and O–H groups in total. The summed E-state index contributed by atoms with van der Waals surface area (Å²) in [5, 5.41) is 11.0. The zero-order valence-electron chi connectivity index (χ0n) is 16.0. The third-order valence-corrected chi connectivity index (χ3v) is 4.93. The molecule has 0 spiro atoms. The van der Waals surface area contributed by atoms with Crippen molar-refractivity contribution < 1.29 is 14.7 Å². The van der Waals surface area contributed by atoms with Gasteiger partial charge in [0.05, 0.1) is 11.6 Å². The standard InChI is InChI=1S/C23H19N3O3/c1-14-4-8-16(9-5-14)19-18(20(27)17-10-6-15(2)7-11-17)21(28)22(29)26(19)23-24-12-3-13-25-23/h3-13,19,27H,1-2H3. The second kappa shape index (κ2) is 7.31. The molecule has 1 saturated heterocycles. The molecular weight excluding hydrogens is 366 g/mol. The first-order valence-electron chi connectivity index (χ1n) is 9.19. The lowest BCUT2D eigenvalue weighted by Crippen LogP contribution is -2.31. The molecule has 0 saturated carbocycles. The Bertz CT molecular complexity index is 1100. The van der Waals surface area contributed by atoms with Gasteiger partial charge in [-0.15, -0.1) is 0 Å². The van der Waals surface area contributed by atoms with E-state index in [0.29, 0.717) is 11.1 Å². The van der Waals surface area contributed by atoms with Crippen molar-refractivity contribution in [1.82, 2.24) is 9.97 Å². The van der Waals surface area contributed by atoms with Gasteiger partial charge >= 0.3 is 5.91 Å². The van der Waals surface area contributed by atoms with E-state index in [1.54, 1.807) is 18.2 Å². The number of Topliss-reactive ketones (excluding diaryl/α,β-unsaturated/α-hetero) is 1. The first-order valence-corrected chi connectivity index (χ1v) is 9.19. The number of hydrogen-bond donors (Lipinski definition) is 1. The molecule has 3 aromatic rings. The van der Waals surface area contributed by atoms with Crippen LogP contribution < -0.4 is 4.90 Å². The molecule has 4 rings (SSSR count). The molecule has 6 nitrogen and oxygen atoms in total. The summed E-state index contributed by atoms with van der Waals surface area (Å²) in [6.07, 6.45) is 3.02. The number of carbonyl (C=O) groups excluding carboxylic acids is 2. The van der Waals surface area contributed by atoms with Crippen molar-refractivity contribution >= 4 is 23.4 Å². The fourth-order valence-corrected chi connectivity index (χ4v) is 3.39. The van der Waals surface area contributed by atoms with Gasteiger partial charge < -0.3 is 5.11 Å². The second-order valence-corrected chi connectivity index (χ2v) is 6.99. The lowest BCUT2D eigenvalue weighted by molar-refractivity contribution is -0.132. The van der Waals surface area contributed by atoms with Crippen LogP contribution in [0.2, 0.25) is 0 Å². The van der Waals surface area contributed by atoms with Gasteiger partial charge in [0.1, 0.15) is 5.76 Å². The zero-order valence-corrected chi connectivity index (χ0v) is 16.0. The first kappa shape index (κ1) is 18.6. The highest BCUT2D eigenvalue weighted by molar-refractivity contribution is 6.51. The number of aliphatic hydroxyl groups is 1. The van der Waals surface area contributed by atoms with E-state index in [0.717, 1.165) is 11.1 Å². The van der Waals surface area contributed by atoms with Crippen molar-refractivity contribution in [3.63, 3.8) is 0 Å². The number of aryl methyl sites for hydroxylation is 2. The van der Waals surface area contributed by atoms with E-state index >= 15 is 0 Å². The van der Waals surface area contributed by atoms with Crippen LogP contribution in [0.4, 0.5) is 5.95 Å². The van der Waals surface area contributed by atoms with E-state index in [2.05, 4.69) is 9.97 Å². The Balaban J connectivity index is 1.94. The molecule has 1 unspecified atom stereocenters. The van der Waals surface area contributed by atoms with E-state index in [9.17, 15) is 14.7 Å². The number of benzene rings is 2. The zero-order chi connectivity index (χ0) is 20.5. The molecular formula is C23H19N3O3. The summed E-state index contributed by atoms with van der Waals surface area (Å²) in [4.78, 5) is 35.4. The molecule has 6 heteroatoms. The predicted molar refractivity (Wildman–Crippen MR) is 109 cm³/mol. The minimum absolute atomic E-state index is 0.0233. The quantitative estimate of drug-likeness (QED) is 0.422. The lowest BCUT2D eigenvalue weighted by Gasteiger charge is -2.23. The van der Waals surface area contributed by atoms with Crippen LogP contribution in [0.1, 0.15) is 28.3 Å². The maximum absolute atomic E-state index is 13.0. The third kappa shape index (κ3) is 3.29. The van der Waals surface area contributed by atoms with Crippen molar-refractivity contribution in [3.8, 4) is 0 Å². The number of nitrogens with zero attached hydrogens (tertiary/aromatic N) is 3. The number of carbonyl (C=O) groups is 2. The molecule has 1 atom stereocenters. The molecule has 0 radical (unpaired) electrons. The smallest absolute Gasteiger partial charge is 0.302 e. The Kier molecular flexibility index (Phi) is 4.68. The first-order chi connectivity index (χ1) is 14.0. The molecule has 1 aromatic heterocycles. The molecule has 2 aromatic carbocycles. The third-order valence-electron chi connectivity index (χ3n) is 4.93. The van der Waals surface area contributed by atoms with Gasteiger partial charge in [-0.05, 0) is 25.5 Å². The van der Waals surface area contributed by atoms with Gasteiger partial charge in [0.2, 0.25) is 5.95 Å². The van der Waals surface area contributed by atoms with Crippen LogP contribution in [-0.4, -0.2) is 26.8 Å². The topological polar surface area (TPSA) is 83.4 Å². The van der Waals surface area contributed by atoms with Gasteiger partial charge in [0.25, 0.3) is 5.78 Å². The van der Waals surface area contributed by atoms with E-state index in [4.69, 9.17) is 0 Å². The highest BCUT2D eigenvalue weighted by Crippen LogP contribution is 2.40. The number of ketones is 1. The van der Waals surface area contributed by atoms with Crippen LogP contribution in [0.15, 0.2) is 72.6 Å². The summed E-state index contributed by atoms with van der Waals surface area (Å²) < 4.78 is 0. The van der Waals surface area contributed by atoms with Crippen molar-refractivity contribution in [2.45, 2.75) is 19.9 Å². The van der Waals surface area contributed by atoms with Gasteiger partial charge in [-0.1, -0.05) is 59.7 Å². The van der Waals surface area contributed by atoms with Crippen LogP contribution in [-0.2, 0) is 9.59 Å². The van der Waals surface area contributed by atoms with Gasteiger partial charge in [-0.2, -0.15) is 0 Å². The molecule has 1 aliphatic heterocycles. The van der Waals surface area contributed by atoms with E-state index in [1.807, 2.05) is 50.2 Å². The molecule has 1 amide bonds. The average molecular weight is 385 g/mol. The monoisotopic (exact) mass is 385 g/mol. The summed E-state index contributed by atoms with van der Waals surface area (Å²) >= 11 is 0. The van der Waals surface area contributed by atoms with Gasteiger partial charge in [-0.25, -0.2) is 9.97 Å². The summed E-state index contributed by atoms with van der Waals surface area (Å²) in [6.45, 7) is 3.88. The number of amides is 1. The van der Waals surface area contributed by atoms with E-state index < -0.39 is 17.7 Å². The highest BCUT2D eigenvalue weighted by atomic mass is 16.3. The minimum Gasteiger partial charge on any atom is -0.507 e. The Hall–Kier alpha value is -3.80. The average Bonchev–Trinajstić information content (AvgIpc) is 3.00. The van der Waals surface area contributed by atoms with Crippen LogP contribution >= 0.6 is 0 Å². The van der Waals surface area contributed by atoms with Crippen LogP contribution in [0.3, 0.4) is 0 Å². The van der Waals surface area contributed by atoms with Crippen LogP contribution in [0.25, 0.3) is 5.76 Å². The fourth-order valence-electron chi connectivity index (χ4n) is 3.39. The summed E-state index contributed by atoms with van der Waals surface area (Å²) in [6, 6.07) is 15.4. The summed E-state index contributed by atoms with van der Waals surface area (Å²) in [7, 11) is 0. The maximum atomic E-state index is 13.0. The molecule has 1 aliphatic rings. The fraction of sp³-hybridized carbons (Fsp3) is 0.130. The van der Waals surface area contributed by atoms with Crippen molar-refractivity contribution in [1.29, 1.82) is 0 Å². The Morgan fingerprint density at radius 2 is 1.45 bits per heavy atom. The predicted octanol–water partition coefficient (Wildman–Crippen LogP) is 3.72. The molecule has 0 bridgehead atoms. The van der Waals surface area contributed by atoms with Crippen LogP contribution in [0, 0.1) is 13.8 Å². The Morgan fingerprint density at radius 3 is 2.03 bits per heavy atom. The summed E-state index contributed by atoms with van der Waals surface area (Å²) in [5.41, 5.74) is 3.25. The summed E-state index contributed by atoms with van der Waals surface area (Å²) in [5.74, 6) is -1.63. The number of anilines is 1. The normalized spacial score (nSPS) is 18.3. The van der Waals surface area contributed by atoms with Gasteiger partial charge in [0.15, 0.2) is 0 Å². The van der Waals surface area contributed by atoms with Crippen molar-refractivity contribution in [2.75, 3.05) is 4.90 Å². The second-order valence-electron chi connectivity index (χ2n) is 6.99. The SMILES string of the molecule is Cc1ccc(C(O)=C2C(=O)C(=O)N(c3ncccn3)C2c2ccc(C)cc2)cc1. The van der Waals surface area contributed by atoms with Gasteiger partial charge in [0, 0.05) is 18.0 Å². The molecule has 29 heavy (non-hydrogen) atoms. The van der Waals surface area contributed by atoms with Crippen LogP contribution in [0.5, 0.6) is 0 Å². The number of aliphatic hydroxyl groups excluding tert-OH is 1. The number of hydrogen-bond acceptors (Lipinski definition) is 5. The maximum Gasteiger partial charge on any atom is 0.302 e. The molecule has 2 heterocycles. The Labute approximate surface area is 168 Å². The Morgan fingerprint density at radius 1 is 0.897 bits per heavy atom. The number of rotatable bonds is 3. The van der Waals surface area contributed by atoms with E-state index in [1.165, 1.54) is 17.3 Å². The van der Waals surface area contributed by atoms with E-state index in [-0.39, 0.29) is 17.3 Å². The van der Waals surface area contributed by atoms with Crippen molar-refractivity contribution in [3.05, 3.63) is 94.8 Å². The largest absolute Gasteiger partial charge is 0.507 e. The number of aromatic nitrogens is 2. The van der Waals surface area contributed by atoms with Gasteiger partial charge in [-0.3, -0.25) is 14.5 Å². The van der Waals surface area contributed by atoms with Crippen molar-refractivity contribution in [2.24, 2.45) is 0 Å². The molecule has 0 aliphatic carbocycles. The molecule has 144 valence electrons. The minimum atomic E-state index is -0.820. The molecule has 1 fully saturated rings.